The average molecular weight is 508 g/mol. The molecule has 0 saturated carbocycles. The van der Waals surface area contributed by atoms with E-state index < -0.39 is 0 Å². The summed E-state index contributed by atoms with van der Waals surface area (Å²) in [6.07, 6.45) is 0. The van der Waals surface area contributed by atoms with E-state index in [0.717, 1.165) is 11.1 Å². The van der Waals surface area contributed by atoms with Crippen LogP contribution >= 0.6 is 24.4 Å². The molecule has 3 aromatic rings. The zero-order valence-electron chi connectivity index (χ0n) is 19.4. The molecule has 2 atom stereocenters. The van der Waals surface area contributed by atoms with E-state index in [1.165, 1.54) is 0 Å². The number of nitrogens with one attached hydrogen (secondary N) is 2. The van der Waals surface area contributed by atoms with Crippen LogP contribution in [0.3, 0.4) is 0 Å². The molecule has 0 spiro atoms. The molecule has 6 nitrogen and oxygen atoms in total. The maximum absolute atomic E-state index is 5.90. The van der Waals surface area contributed by atoms with Crippen LogP contribution in [0.15, 0.2) is 78.9 Å². The molecule has 2 heterocycles. The Morgan fingerprint density at radius 3 is 1.46 bits per heavy atom. The van der Waals surface area contributed by atoms with Crippen LogP contribution in [0.1, 0.15) is 34.6 Å². The second-order valence-corrected chi connectivity index (χ2v) is 8.86. The summed E-state index contributed by atoms with van der Waals surface area (Å²) in [4.78, 5) is 5.81. The number of thiocarbonyl (C=S) groups is 2. The number of aromatic nitrogens is 1. The lowest BCUT2D eigenvalue weighted by Gasteiger charge is -2.22. The van der Waals surface area contributed by atoms with Crippen LogP contribution in [-0.2, 0) is 14.2 Å². The summed E-state index contributed by atoms with van der Waals surface area (Å²) in [5.41, 5.74) is 3.47. The van der Waals surface area contributed by atoms with Gasteiger partial charge in [-0.2, -0.15) is 0 Å². The van der Waals surface area contributed by atoms with Gasteiger partial charge in [0.05, 0.1) is 63.1 Å². The summed E-state index contributed by atoms with van der Waals surface area (Å²) in [5, 5.41) is 6.83. The second kappa shape index (κ2) is 13.4. The van der Waals surface area contributed by atoms with Crippen molar-refractivity contribution < 1.29 is 14.2 Å². The minimum absolute atomic E-state index is 0.121. The van der Waals surface area contributed by atoms with Crippen molar-refractivity contribution >= 4 is 34.4 Å². The van der Waals surface area contributed by atoms with E-state index in [2.05, 4.69) is 34.9 Å². The van der Waals surface area contributed by atoms with Crippen LogP contribution in [0.4, 0.5) is 0 Å². The minimum Gasteiger partial charge on any atom is -0.377 e. The summed E-state index contributed by atoms with van der Waals surface area (Å²) < 4.78 is 17.5. The smallest absolute Gasteiger partial charge is 0.125 e. The maximum Gasteiger partial charge on any atom is 0.125 e. The van der Waals surface area contributed by atoms with Gasteiger partial charge in [0, 0.05) is 0 Å². The van der Waals surface area contributed by atoms with Crippen LogP contribution in [0, 0.1) is 0 Å². The fourth-order valence-corrected chi connectivity index (χ4v) is 4.22. The van der Waals surface area contributed by atoms with Crippen LogP contribution < -0.4 is 10.6 Å². The summed E-state index contributed by atoms with van der Waals surface area (Å²) in [5.74, 6) is 0. The molecule has 0 unspecified atom stereocenters. The first-order chi connectivity index (χ1) is 17.2. The highest BCUT2D eigenvalue weighted by Crippen LogP contribution is 2.17. The number of hydrogen-bond acceptors (Lipinski definition) is 6. The van der Waals surface area contributed by atoms with Crippen LogP contribution in [0.25, 0.3) is 0 Å². The van der Waals surface area contributed by atoms with Gasteiger partial charge in [-0.15, -0.1) is 0 Å². The van der Waals surface area contributed by atoms with Gasteiger partial charge in [-0.3, -0.25) is 0 Å². The highest BCUT2D eigenvalue weighted by molar-refractivity contribution is 7.81. The predicted octanol–water partition coefficient (Wildman–Crippen LogP) is 4.16. The monoisotopic (exact) mass is 507 g/mol. The molecule has 1 aromatic heterocycles. The predicted molar refractivity (Wildman–Crippen MR) is 145 cm³/mol. The third kappa shape index (κ3) is 7.62. The molecule has 2 bridgehead atoms. The van der Waals surface area contributed by atoms with Crippen molar-refractivity contribution in [2.45, 2.75) is 12.1 Å². The molecule has 2 aromatic carbocycles. The van der Waals surface area contributed by atoms with Gasteiger partial charge in [0.15, 0.2) is 0 Å². The fourth-order valence-electron chi connectivity index (χ4n) is 3.71. The van der Waals surface area contributed by atoms with E-state index in [-0.39, 0.29) is 12.1 Å². The Morgan fingerprint density at radius 1 is 0.571 bits per heavy atom. The normalized spacial score (nSPS) is 20.7. The Bertz CT molecular complexity index is 1020. The molecule has 0 fully saturated rings. The summed E-state index contributed by atoms with van der Waals surface area (Å²) >= 11 is 11.4. The molecule has 1 aliphatic heterocycles. The lowest BCUT2D eigenvalue weighted by atomic mass is 10.1. The zero-order chi connectivity index (χ0) is 24.3. The van der Waals surface area contributed by atoms with Gasteiger partial charge in [0.25, 0.3) is 0 Å². The number of benzene rings is 2. The Labute approximate surface area is 217 Å². The number of pyridine rings is 1. The van der Waals surface area contributed by atoms with Crippen molar-refractivity contribution in [3.8, 4) is 0 Å². The van der Waals surface area contributed by atoms with Gasteiger partial charge in [-0.25, -0.2) is 4.98 Å². The Kier molecular flexibility index (Phi) is 9.68. The highest BCUT2D eigenvalue weighted by atomic mass is 32.1. The molecule has 0 amide bonds. The molecular formula is C27H29N3O3S2. The van der Waals surface area contributed by atoms with E-state index >= 15 is 0 Å². The standard InChI is InChI=1S/C27H29N3O3S2/c34-26-22-12-7-13-23(28-22)27(35)30-25(21-10-5-2-6-11-21)19-33-17-15-31-14-16-32-18-24(29-26)20-8-3-1-4-9-20/h1-13,24-25H,14-19H2,(H,29,34)(H,30,35)/t24-,25-/m1/s1. The quantitative estimate of drug-likeness (QED) is 0.502. The SMILES string of the molecule is S=C1N[C@@H](c2ccccc2)COCCOCCOC[C@H](c2ccccc2)NC(=S)c2cccc1n2. The van der Waals surface area contributed by atoms with E-state index in [1.807, 2.05) is 54.6 Å². The van der Waals surface area contributed by atoms with E-state index in [0.29, 0.717) is 61.0 Å². The first-order valence-electron chi connectivity index (χ1n) is 11.6. The summed E-state index contributed by atoms with van der Waals surface area (Å²) in [7, 11) is 0. The van der Waals surface area contributed by atoms with Crippen molar-refractivity contribution in [1.29, 1.82) is 0 Å². The Balaban J connectivity index is 1.56. The first kappa shape index (κ1) is 25.3. The van der Waals surface area contributed by atoms with Crippen molar-refractivity contribution in [3.63, 3.8) is 0 Å². The van der Waals surface area contributed by atoms with Gasteiger partial charge in [-0.05, 0) is 23.3 Å². The van der Waals surface area contributed by atoms with Gasteiger partial charge in [0.2, 0.25) is 0 Å². The highest BCUT2D eigenvalue weighted by Gasteiger charge is 2.18. The molecule has 0 saturated heterocycles. The first-order valence-corrected chi connectivity index (χ1v) is 12.4. The fraction of sp³-hybridized carbons (Fsp3) is 0.296. The number of fused-ring (bicyclic) bond motifs is 2. The lowest BCUT2D eigenvalue weighted by Crippen LogP contribution is -2.34. The second-order valence-electron chi connectivity index (χ2n) is 8.04. The van der Waals surface area contributed by atoms with E-state index in [9.17, 15) is 0 Å². The van der Waals surface area contributed by atoms with Crippen LogP contribution in [-0.4, -0.2) is 54.6 Å². The van der Waals surface area contributed by atoms with Gasteiger partial charge in [-0.1, -0.05) is 91.2 Å². The molecule has 2 N–H and O–H groups in total. The van der Waals surface area contributed by atoms with Crippen molar-refractivity contribution in [1.82, 2.24) is 15.6 Å². The molecule has 4 rings (SSSR count). The van der Waals surface area contributed by atoms with E-state index in [4.69, 9.17) is 43.6 Å². The summed E-state index contributed by atoms with van der Waals surface area (Å²) in [6.45, 7) is 2.83. The van der Waals surface area contributed by atoms with Crippen molar-refractivity contribution in [2.75, 3.05) is 39.6 Å². The molecule has 8 heteroatoms. The zero-order valence-corrected chi connectivity index (χ0v) is 21.0. The molecule has 35 heavy (non-hydrogen) atoms. The van der Waals surface area contributed by atoms with Gasteiger partial charge >= 0.3 is 0 Å². The summed E-state index contributed by atoms with van der Waals surface area (Å²) in [6, 6.07) is 25.6. The number of rotatable bonds is 2. The molecule has 0 aliphatic carbocycles. The Morgan fingerprint density at radius 2 is 1.00 bits per heavy atom. The van der Waals surface area contributed by atoms with Crippen molar-refractivity contribution in [2.24, 2.45) is 0 Å². The lowest BCUT2D eigenvalue weighted by molar-refractivity contribution is 0.00811. The number of nitrogens with zero attached hydrogens (tertiary/aromatic N) is 1. The number of hydrogen-bond donors (Lipinski definition) is 2. The van der Waals surface area contributed by atoms with Crippen LogP contribution in [0.5, 0.6) is 0 Å². The molecular weight excluding hydrogens is 478 g/mol. The molecule has 0 radical (unpaired) electrons. The third-order valence-corrected chi connectivity index (χ3v) is 6.20. The van der Waals surface area contributed by atoms with E-state index in [1.54, 1.807) is 0 Å². The topological polar surface area (TPSA) is 64.6 Å². The van der Waals surface area contributed by atoms with Crippen molar-refractivity contribution in [3.05, 3.63) is 101 Å². The van der Waals surface area contributed by atoms with Crippen LogP contribution in [0.2, 0.25) is 0 Å². The Hall–Kier alpha value is -2.75. The van der Waals surface area contributed by atoms with Gasteiger partial charge in [0.1, 0.15) is 9.98 Å². The molecule has 182 valence electrons. The molecule has 1 aliphatic rings. The maximum atomic E-state index is 5.90. The number of ether oxygens (including phenoxy) is 3. The average Bonchev–Trinajstić information content (AvgIpc) is 2.91. The third-order valence-electron chi connectivity index (χ3n) is 5.54. The largest absolute Gasteiger partial charge is 0.377 e. The minimum atomic E-state index is -0.121. The van der Waals surface area contributed by atoms with Gasteiger partial charge < -0.3 is 24.8 Å².